The Balaban J connectivity index is 1.16. The number of amides is 1. The maximum Gasteiger partial charge on any atom is 0.229 e. The maximum atomic E-state index is 13.1. The Kier molecular flexibility index (Phi) is 5.27. The van der Waals surface area contributed by atoms with E-state index in [-0.39, 0.29) is 11.8 Å². The van der Waals surface area contributed by atoms with Crippen molar-refractivity contribution < 1.29 is 4.79 Å². The highest BCUT2D eigenvalue weighted by Crippen LogP contribution is 2.26. The third-order valence-electron chi connectivity index (χ3n) is 6.01. The zero-order valence-electron chi connectivity index (χ0n) is 18.3. The number of benzene rings is 1. The number of hydrogen-bond acceptors (Lipinski definition) is 7. The van der Waals surface area contributed by atoms with Gasteiger partial charge in [0.1, 0.15) is 12.1 Å². The van der Waals surface area contributed by atoms with E-state index in [1.165, 1.54) is 0 Å². The molecule has 1 amide bonds. The van der Waals surface area contributed by atoms with Crippen molar-refractivity contribution in [1.82, 2.24) is 29.1 Å². The summed E-state index contributed by atoms with van der Waals surface area (Å²) in [6.07, 6.45) is 10.9. The van der Waals surface area contributed by atoms with Gasteiger partial charge in [-0.2, -0.15) is 5.10 Å². The van der Waals surface area contributed by atoms with E-state index >= 15 is 0 Å². The van der Waals surface area contributed by atoms with E-state index in [1.54, 1.807) is 28.5 Å². The highest BCUT2D eigenvalue weighted by molar-refractivity contribution is 7.15. The molecule has 0 spiro atoms. The number of hydrogen-bond donors (Lipinski definition) is 1. The first-order chi connectivity index (χ1) is 16.7. The quantitative estimate of drug-likeness (QED) is 0.419. The minimum absolute atomic E-state index is 0.0222. The molecule has 9 nitrogen and oxygen atoms in total. The van der Waals surface area contributed by atoms with Crippen LogP contribution >= 0.6 is 11.3 Å². The van der Waals surface area contributed by atoms with Crippen molar-refractivity contribution in [3.8, 4) is 17.1 Å². The molecule has 0 aliphatic carbocycles. The molecule has 5 heterocycles. The molecule has 170 valence electrons. The first-order valence-electron chi connectivity index (χ1n) is 11.1. The molecule has 1 N–H and O–H groups in total. The number of thiazole rings is 1. The number of fused-ring (bicyclic) bond motifs is 1. The second-order valence-corrected chi connectivity index (χ2v) is 9.13. The Morgan fingerprint density at radius 3 is 2.94 bits per heavy atom. The minimum Gasteiger partial charge on any atom is -0.356 e. The lowest BCUT2D eigenvalue weighted by Crippen LogP contribution is -2.41. The van der Waals surface area contributed by atoms with Crippen LogP contribution in [0, 0.1) is 5.92 Å². The molecule has 5 aromatic rings. The van der Waals surface area contributed by atoms with Crippen molar-refractivity contribution >= 4 is 33.7 Å². The molecule has 10 heteroatoms. The van der Waals surface area contributed by atoms with Crippen molar-refractivity contribution in [2.24, 2.45) is 5.92 Å². The summed E-state index contributed by atoms with van der Waals surface area (Å²) < 4.78 is 3.71. The molecule has 0 radical (unpaired) electrons. The van der Waals surface area contributed by atoms with Crippen molar-refractivity contribution in [2.45, 2.75) is 12.8 Å². The normalized spacial score (nSPS) is 16.1. The molecule has 4 aromatic heterocycles. The minimum atomic E-state index is -0.126. The zero-order valence-corrected chi connectivity index (χ0v) is 19.1. The van der Waals surface area contributed by atoms with Crippen molar-refractivity contribution in [3.63, 3.8) is 0 Å². The SMILES string of the molecule is O=C(Nc1cccc(-c2cn3ccsc3n2)c1)C1CCCN(c2cc(-n3cccn3)ncn2)C1. The van der Waals surface area contributed by atoms with Gasteiger partial charge in [0.2, 0.25) is 5.91 Å². The fourth-order valence-corrected chi connectivity index (χ4v) is 5.01. The molecule has 34 heavy (non-hydrogen) atoms. The van der Waals surface area contributed by atoms with Gasteiger partial charge in [-0.05, 0) is 31.0 Å². The molecule has 1 aromatic carbocycles. The third kappa shape index (κ3) is 4.03. The lowest BCUT2D eigenvalue weighted by Gasteiger charge is -2.32. The van der Waals surface area contributed by atoms with Gasteiger partial charge in [0.05, 0.1) is 11.6 Å². The fraction of sp³-hybridized carbons (Fsp3) is 0.208. The average Bonchev–Trinajstić information content (AvgIpc) is 3.63. The average molecular weight is 471 g/mol. The van der Waals surface area contributed by atoms with Crippen LogP contribution in [0.5, 0.6) is 0 Å². The predicted molar refractivity (Wildman–Crippen MR) is 131 cm³/mol. The number of rotatable bonds is 5. The van der Waals surface area contributed by atoms with Crippen LogP contribution in [0.1, 0.15) is 12.8 Å². The Bertz CT molecular complexity index is 1410. The number of aromatic nitrogens is 6. The standard InChI is InChI=1S/C24H22N8OS/c33-23(28-19-6-1-4-17(12-19)20-15-31-10-11-34-24(31)29-20)18-5-2-8-30(14-18)21-13-22(26-16-25-21)32-9-3-7-27-32/h1,3-4,6-7,9-13,15-16,18H,2,5,8,14H2,(H,28,33). The Labute approximate surface area is 199 Å². The maximum absolute atomic E-state index is 13.1. The third-order valence-corrected chi connectivity index (χ3v) is 6.78. The van der Waals surface area contributed by atoms with Gasteiger partial charge in [0.15, 0.2) is 10.8 Å². The predicted octanol–water partition coefficient (Wildman–Crippen LogP) is 3.89. The molecular formula is C24H22N8OS. The first kappa shape index (κ1) is 20.5. The van der Waals surface area contributed by atoms with E-state index in [0.29, 0.717) is 12.4 Å². The molecule has 0 bridgehead atoms. The van der Waals surface area contributed by atoms with Crippen molar-refractivity contribution in [2.75, 3.05) is 23.3 Å². The Morgan fingerprint density at radius 1 is 1.12 bits per heavy atom. The van der Waals surface area contributed by atoms with Gasteiger partial charge < -0.3 is 10.2 Å². The number of carbonyl (C=O) groups excluding carboxylic acids is 1. The number of imidazole rings is 1. The summed E-state index contributed by atoms with van der Waals surface area (Å²) >= 11 is 1.60. The van der Waals surface area contributed by atoms with Gasteiger partial charge in [-0.25, -0.2) is 19.6 Å². The van der Waals surface area contributed by atoms with Crippen LogP contribution in [0.15, 0.2) is 72.9 Å². The topological polar surface area (TPSA) is 93.2 Å². The van der Waals surface area contributed by atoms with Crippen molar-refractivity contribution in [3.05, 3.63) is 72.9 Å². The number of anilines is 2. The van der Waals surface area contributed by atoms with E-state index in [4.69, 9.17) is 0 Å². The van der Waals surface area contributed by atoms with Crippen LogP contribution < -0.4 is 10.2 Å². The summed E-state index contributed by atoms with van der Waals surface area (Å²) in [5, 5.41) is 9.36. The second kappa shape index (κ2) is 8.71. The van der Waals surface area contributed by atoms with Crippen LogP contribution in [0.4, 0.5) is 11.5 Å². The van der Waals surface area contributed by atoms with Gasteiger partial charge in [-0.15, -0.1) is 11.3 Å². The Morgan fingerprint density at radius 2 is 2.06 bits per heavy atom. The number of nitrogens with zero attached hydrogens (tertiary/aromatic N) is 7. The van der Waals surface area contributed by atoms with E-state index in [9.17, 15) is 4.79 Å². The monoisotopic (exact) mass is 470 g/mol. The van der Waals surface area contributed by atoms with Gasteiger partial charge in [-0.3, -0.25) is 9.20 Å². The molecule has 1 aliphatic heterocycles. The van der Waals surface area contributed by atoms with E-state index in [2.05, 4.69) is 30.3 Å². The van der Waals surface area contributed by atoms with Crippen LogP contribution in [-0.4, -0.2) is 48.1 Å². The zero-order chi connectivity index (χ0) is 22.9. The van der Waals surface area contributed by atoms with Gasteiger partial charge in [0, 0.05) is 60.6 Å². The number of nitrogens with one attached hydrogen (secondary N) is 1. The Hall–Kier alpha value is -4.05. The van der Waals surface area contributed by atoms with Crippen LogP contribution in [0.2, 0.25) is 0 Å². The van der Waals surface area contributed by atoms with Crippen LogP contribution in [0.3, 0.4) is 0 Å². The first-order valence-corrected chi connectivity index (χ1v) is 12.0. The van der Waals surface area contributed by atoms with E-state index in [1.807, 2.05) is 64.8 Å². The van der Waals surface area contributed by atoms with E-state index < -0.39 is 0 Å². The van der Waals surface area contributed by atoms with E-state index in [0.717, 1.165) is 47.1 Å². The molecule has 1 atom stereocenters. The molecule has 1 aliphatic rings. The smallest absolute Gasteiger partial charge is 0.229 e. The highest BCUT2D eigenvalue weighted by atomic mass is 32.1. The van der Waals surface area contributed by atoms with Gasteiger partial charge in [-0.1, -0.05) is 12.1 Å². The lowest BCUT2D eigenvalue weighted by molar-refractivity contribution is -0.120. The number of carbonyl (C=O) groups is 1. The molecule has 1 fully saturated rings. The van der Waals surface area contributed by atoms with Crippen LogP contribution in [0.25, 0.3) is 22.0 Å². The summed E-state index contributed by atoms with van der Waals surface area (Å²) in [4.78, 5) is 29.7. The van der Waals surface area contributed by atoms with Crippen LogP contribution in [-0.2, 0) is 4.79 Å². The second-order valence-electron chi connectivity index (χ2n) is 8.26. The molecule has 6 rings (SSSR count). The van der Waals surface area contributed by atoms with Gasteiger partial charge >= 0.3 is 0 Å². The van der Waals surface area contributed by atoms with Crippen molar-refractivity contribution in [1.29, 1.82) is 0 Å². The summed E-state index contributed by atoms with van der Waals surface area (Å²) in [5.41, 5.74) is 2.65. The molecule has 0 saturated carbocycles. The number of piperidine rings is 1. The summed E-state index contributed by atoms with van der Waals surface area (Å²) in [6.45, 7) is 1.46. The largest absolute Gasteiger partial charge is 0.356 e. The summed E-state index contributed by atoms with van der Waals surface area (Å²) in [6, 6.07) is 11.6. The fourth-order valence-electron chi connectivity index (χ4n) is 4.31. The molecule has 1 unspecified atom stereocenters. The lowest BCUT2D eigenvalue weighted by atomic mass is 9.97. The summed E-state index contributed by atoms with van der Waals surface area (Å²) in [5.74, 6) is 1.41. The van der Waals surface area contributed by atoms with Gasteiger partial charge in [0.25, 0.3) is 0 Å². The molecule has 1 saturated heterocycles. The summed E-state index contributed by atoms with van der Waals surface area (Å²) in [7, 11) is 0. The molecular weight excluding hydrogens is 448 g/mol. The highest BCUT2D eigenvalue weighted by Gasteiger charge is 2.27.